The number of carbonyl (C=O) groups is 4. The third-order valence-corrected chi connectivity index (χ3v) is 7.00. The minimum absolute atomic E-state index is 0.0148. The van der Waals surface area contributed by atoms with E-state index in [0.717, 1.165) is 36.1 Å². The van der Waals surface area contributed by atoms with Crippen LogP contribution < -0.4 is 15.5 Å². The Balaban J connectivity index is 1.40. The predicted octanol–water partition coefficient (Wildman–Crippen LogP) is 3.46. The first-order valence-corrected chi connectivity index (χ1v) is 12.0. The Kier molecular flexibility index (Phi) is 7.08. The third kappa shape index (κ3) is 5.42. The van der Waals surface area contributed by atoms with Gasteiger partial charge in [-0.2, -0.15) is 0 Å². The molecule has 0 unspecified atom stereocenters. The standard InChI is InChI=1S/C24H27N3O5S/c1-15-8-10-17(11-9-15)27-21(29)13-18(22(27)19-7-4-12-33-19)23(30)32-14-20(28)26-24(31)25-16-5-2-3-6-16/h4,7-12,16,18,22H,2-3,5-6,13-14H2,1H3,(H2,25,26,28,31)/t18-,22+/m1/s1. The van der Waals surface area contributed by atoms with E-state index in [1.807, 2.05) is 48.7 Å². The van der Waals surface area contributed by atoms with Crippen molar-refractivity contribution < 1.29 is 23.9 Å². The van der Waals surface area contributed by atoms with Crippen LogP contribution in [-0.4, -0.2) is 36.5 Å². The number of anilines is 1. The number of hydrogen-bond acceptors (Lipinski definition) is 6. The lowest BCUT2D eigenvalue weighted by molar-refractivity contribution is -0.152. The van der Waals surface area contributed by atoms with Crippen molar-refractivity contribution in [3.8, 4) is 0 Å². The molecule has 8 nitrogen and oxygen atoms in total. The molecule has 1 aliphatic heterocycles. The SMILES string of the molecule is Cc1ccc(N2C(=O)C[C@@H](C(=O)OCC(=O)NC(=O)NC3CCCC3)[C@H]2c2cccs2)cc1. The van der Waals surface area contributed by atoms with E-state index in [9.17, 15) is 19.2 Å². The number of ether oxygens (including phenoxy) is 1. The van der Waals surface area contributed by atoms with Gasteiger partial charge in [0.2, 0.25) is 5.91 Å². The Hall–Kier alpha value is -3.20. The molecular weight excluding hydrogens is 442 g/mol. The lowest BCUT2D eigenvalue weighted by atomic mass is 9.99. The number of esters is 1. The topological polar surface area (TPSA) is 105 Å². The average molecular weight is 470 g/mol. The number of nitrogens with one attached hydrogen (secondary N) is 2. The zero-order valence-corrected chi connectivity index (χ0v) is 19.2. The van der Waals surface area contributed by atoms with Crippen LogP contribution in [0.4, 0.5) is 10.5 Å². The third-order valence-electron chi connectivity index (χ3n) is 6.06. The van der Waals surface area contributed by atoms with Crippen LogP contribution in [0, 0.1) is 12.8 Å². The van der Waals surface area contributed by atoms with Gasteiger partial charge in [-0.15, -0.1) is 11.3 Å². The summed E-state index contributed by atoms with van der Waals surface area (Å²) in [6.07, 6.45) is 3.89. The number of urea groups is 1. The summed E-state index contributed by atoms with van der Waals surface area (Å²) in [5.41, 5.74) is 1.78. The summed E-state index contributed by atoms with van der Waals surface area (Å²) in [5.74, 6) is -2.27. The summed E-state index contributed by atoms with van der Waals surface area (Å²) in [6, 6.07) is 10.3. The first kappa shape index (κ1) is 23.0. The molecule has 33 heavy (non-hydrogen) atoms. The molecule has 0 radical (unpaired) electrons. The first-order chi connectivity index (χ1) is 15.9. The van der Waals surface area contributed by atoms with Crippen LogP contribution in [0.25, 0.3) is 0 Å². The number of carbonyl (C=O) groups excluding carboxylic acids is 4. The molecule has 4 amide bonds. The molecule has 2 aromatic rings. The van der Waals surface area contributed by atoms with E-state index in [1.54, 1.807) is 4.90 Å². The second kappa shape index (κ2) is 10.2. The van der Waals surface area contributed by atoms with Crippen LogP contribution in [0.5, 0.6) is 0 Å². The molecule has 174 valence electrons. The molecule has 2 atom stereocenters. The van der Waals surface area contributed by atoms with Crippen molar-refractivity contribution in [2.75, 3.05) is 11.5 Å². The van der Waals surface area contributed by atoms with Crippen molar-refractivity contribution in [3.63, 3.8) is 0 Å². The fraction of sp³-hybridized carbons (Fsp3) is 0.417. The number of thiophene rings is 1. The van der Waals surface area contributed by atoms with Gasteiger partial charge in [0.05, 0.1) is 12.0 Å². The Morgan fingerprint density at radius 2 is 1.85 bits per heavy atom. The average Bonchev–Trinajstić information content (AvgIpc) is 3.54. The molecule has 0 spiro atoms. The van der Waals surface area contributed by atoms with Gasteiger partial charge in [0.15, 0.2) is 6.61 Å². The Bertz CT molecular complexity index is 1020. The smallest absolute Gasteiger partial charge is 0.321 e. The van der Waals surface area contributed by atoms with Crippen LogP contribution in [0.15, 0.2) is 41.8 Å². The van der Waals surface area contributed by atoms with Crippen molar-refractivity contribution in [1.82, 2.24) is 10.6 Å². The van der Waals surface area contributed by atoms with Gasteiger partial charge in [0, 0.05) is 23.0 Å². The maximum absolute atomic E-state index is 12.9. The van der Waals surface area contributed by atoms with Gasteiger partial charge in [0.1, 0.15) is 0 Å². The number of benzene rings is 1. The number of amides is 4. The fourth-order valence-electron chi connectivity index (χ4n) is 4.44. The van der Waals surface area contributed by atoms with Gasteiger partial charge >= 0.3 is 12.0 Å². The molecule has 1 aromatic carbocycles. The highest BCUT2D eigenvalue weighted by molar-refractivity contribution is 7.10. The fourth-order valence-corrected chi connectivity index (χ4v) is 5.32. The van der Waals surface area contributed by atoms with Gasteiger partial charge in [-0.05, 0) is 43.3 Å². The molecular formula is C24H27N3O5S. The number of hydrogen-bond donors (Lipinski definition) is 2. The number of nitrogens with zero attached hydrogens (tertiary/aromatic N) is 1. The molecule has 1 aromatic heterocycles. The molecule has 4 rings (SSSR count). The van der Waals surface area contributed by atoms with E-state index in [4.69, 9.17) is 4.74 Å². The van der Waals surface area contributed by atoms with Crippen LogP contribution in [0.1, 0.15) is 48.6 Å². The van der Waals surface area contributed by atoms with Crippen molar-refractivity contribution in [2.45, 2.75) is 51.1 Å². The van der Waals surface area contributed by atoms with E-state index in [0.29, 0.717) is 5.69 Å². The van der Waals surface area contributed by atoms with E-state index in [-0.39, 0.29) is 18.4 Å². The largest absolute Gasteiger partial charge is 0.455 e. The van der Waals surface area contributed by atoms with E-state index in [1.165, 1.54) is 11.3 Å². The zero-order valence-electron chi connectivity index (χ0n) is 18.4. The molecule has 2 heterocycles. The summed E-state index contributed by atoms with van der Waals surface area (Å²) < 4.78 is 5.23. The molecule has 0 bridgehead atoms. The van der Waals surface area contributed by atoms with Gasteiger partial charge in [-0.1, -0.05) is 36.6 Å². The second-order valence-electron chi connectivity index (χ2n) is 8.48. The number of aryl methyl sites for hydroxylation is 1. The molecule has 1 saturated carbocycles. The van der Waals surface area contributed by atoms with Gasteiger partial charge in [-0.25, -0.2) is 4.79 Å². The normalized spacial score (nSPS) is 20.6. The molecule has 2 aliphatic rings. The first-order valence-electron chi connectivity index (χ1n) is 11.1. The molecule has 9 heteroatoms. The molecule has 2 N–H and O–H groups in total. The lowest BCUT2D eigenvalue weighted by Crippen LogP contribution is -2.45. The monoisotopic (exact) mass is 469 g/mol. The Morgan fingerprint density at radius 1 is 1.12 bits per heavy atom. The Morgan fingerprint density at radius 3 is 2.52 bits per heavy atom. The molecule has 1 aliphatic carbocycles. The van der Waals surface area contributed by atoms with E-state index < -0.39 is 36.5 Å². The quantitative estimate of drug-likeness (QED) is 0.631. The summed E-state index contributed by atoms with van der Waals surface area (Å²) >= 11 is 1.46. The summed E-state index contributed by atoms with van der Waals surface area (Å²) in [4.78, 5) is 52.4. The molecule has 1 saturated heterocycles. The van der Waals surface area contributed by atoms with Crippen LogP contribution >= 0.6 is 11.3 Å². The highest BCUT2D eigenvalue weighted by Crippen LogP contribution is 2.43. The highest BCUT2D eigenvalue weighted by atomic mass is 32.1. The van der Waals surface area contributed by atoms with Gasteiger partial charge in [0.25, 0.3) is 5.91 Å². The summed E-state index contributed by atoms with van der Waals surface area (Å²) in [7, 11) is 0. The number of imide groups is 1. The van der Waals surface area contributed by atoms with Gasteiger partial charge < -0.3 is 15.0 Å². The van der Waals surface area contributed by atoms with Crippen molar-refractivity contribution in [3.05, 3.63) is 52.2 Å². The van der Waals surface area contributed by atoms with Crippen LogP contribution in [0.3, 0.4) is 0 Å². The minimum atomic E-state index is -0.752. The second-order valence-corrected chi connectivity index (χ2v) is 9.46. The van der Waals surface area contributed by atoms with Crippen molar-refractivity contribution >= 4 is 40.8 Å². The van der Waals surface area contributed by atoms with E-state index in [2.05, 4.69) is 10.6 Å². The minimum Gasteiger partial charge on any atom is -0.455 e. The predicted molar refractivity (Wildman–Crippen MR) is 124 cm³/mol. The van der Waals surface area contributed by atoms with Gasteiger partial charge in [-0.3, -0.25) is 19.7 Å². The number of rotatable bonds is 6. The summed E-state index contributed by atoms with van der Waals surface area (Å²) in [5, 5.41) is 6.84. The highest BCUT2D eigenvalue weighted by Gasteiger charge is 2.46. The van der Waals surface area contributed by atoms with Crippen molar-refractivity contribution in [2.24, 2.45) is 5.92 Å². The maximum Gasteiger partial charge on any atom is 0.321 e. The zero-order chi connectivity index (χ0) is 23.4. The lowest BCUT2D eigenvalue weighted by Gasteiger charge is -2.27. The molecule has 2 fully saturated rings. The maximum atomic E-state index is 12.9. The Labute approximate surface area is 196 Å². The van der Waals surface area contributed by atoms with Crippen LogP contribution in [-0.2, 0) is 19.1 Å². The van der Waals surface area contributed by atoms with Crippen molar-refractivity contribution in [1.29, 1.82) is 0 Å². The summed E-state index contributed by atoms with van der Waals surface area (Å²) in [6.45, 7) is 1.38. The van der Waals surface area contributed by atoms with Crippen LogP contribution in [0.2, 0.25) is 0 Å². The van der Waals surface area contributed by atoms with E-state index >= 15 is 0 Å².